The van der Waals surface area contributed by atoms with Crippen LogP contribution in [0.5, 0.6) is 0 Å². The van der Waals surface area contributed by atoms with Crippen LogP contribution in [-0.2, 0) is 28.6 Å². The van der Waals surface area contributed by atoms with Crippen molar-refractivity contribution in [3.8, 4) is 0 Å². The Morgan fingerprint density at radius 3 is 2.75 bits per heavy atom. The Balaban J connectivity index is 0.00000225. The second-order valence-electron chi connectivity index (χ2n) is 2.71. The van der Waals surface area contributed by atoms with Crippen LogP contribution in [0.3, 0.4) is 0 Å². The number of carbonyl (C=O) groups is 1. The number of ether oxygens (including phenoxy) is 1. The molecule has 0 bridgehead atoms. The van der Waals surface area contributed by atoms with Crippen LogP contribution in [0, 0.1) is 0 Å². The Kier molecular flexibility index (Phi) is 8.33. The number of carbonyl (C=O) groups excluding carboxylic acids is 1. The van der Waals surface area contributed by atoms with Crippen LogP contribution >= 0.6 is 0 Å². The molecule has 1 N–H and O–H groups in total. The molecule has 82 valence electrons. The molecule has 1 aromatic rings. The minimum absolute atomic E-state index is 0. The molecule has 0 saturated carbocycles. The first-order valence-electron chi connectivity index (χ1n) is 4.42. The first-order chi connectivity index (χ1) is 7.13. The van der Waals surface area contributed by atoms with E-state index in [2.05, 4.69) is 27.8 Å². The van der Waals surface area contributed by atoms with Gasteiger partial charge in [-0.25, -0.2) is 0 Å². The van der Waals surface area contributed by atoms with Crippen molar-refractivity contribution >= 4 is 18.6 Å². The zero-order chi connectivity index (χ0) is 11.3. The fraction of sp³-hybridized carbons (Fsp3) is 0.500. The second kappa shape index (κ2) is 8.26. The van der Waals surface area contributed by atoms with Crippen molar-refractivity contribution in [2.45, 2.75) is 24.9 Å². The summed E-state index contributed by atoms with van der Waals surface area (Å²) in [4.78, 5) is 24.6. The van der Waals surface area contributed by atoms with E-state index in [0.717, 1.165) is 0 Å². The first-order valence-corrected chi connectivity index (χ1v) is 4.82. The van der Waals surface area contributed by atoms with E-state index >= 15 is 0 Å². The number of nitrogens with zero attached hydrogens (tertiary/aromatic N) is 2. The molecule has 0 aromatic carbocycles. The number of hydrogen-bond acceptors (Lipinski definition) is 6. The van der Waals surface area contributed by atoms with Gasteiger partial charge in [0.2, 0.25) is 0 Å². The van der Waals surface area contributed by atoms with Gasteiger partial charge in [-0.05, 0) is 6.92 Å². The van der Waals surface area contributed by atoms with Crippen molar-refractivity contribution in [2.75, 3.05) is 6.61 Å². The Morgan fingerprint density at radius 2 is 2.19 bits per heavy atom. The van der Waals surface area contributed by atoms with Gasteiger partial charge in [0.1, 0.15) is 5.69 Å². The van der Waals surface area contributed by atoms with Gasteiger partial charge in [-0.1, -0.05) is 0 Å². The normalized spacial score (nSPS) is 9.31. The summed E-state index contributed by atoms with van der Waals surface area (Å²) in [6.45, 7) is 2.04. The molecule has 0 fully saturated rings. The largest absolute Gasteiger partial charge is 1.00 e. The van der Waals surface area contributed by atoms with Gasteiger partial charge in [0, 0.05) is 11.6 Å². The number of H-pyrrole nitrogens is 1. The smallest absolute Gasteiger partial charge is 0.740 e. The van der Waals surface area contributed by atoms with Crippen LogP contribution in [0.15, 0.2) is 9.95 Å². The van der Waals surface area contributed by atoms with Crippen LogP contribution in [0.1, 0.15) is 19.0 Å². The summed E-state index contributed by atoms with van der Waals surface area (Å²) in [5.41, 5.74) is -0.212. The van der Waals surface area contributed by atoms with Crippen LogP contribution in [-0.4, -0.2) is 27.8 Å². The Labute approximate surface area is 140 Å². The SMILES string of the molecule is CCOC(=O)CCc1nnc([S-])[nH]c1=O.[K+]. The Morgan fingerprint density at radius 1 is 1.50 bits per heavy atom. The summed E-state index contributed by atoms with van der Waals surface area (Å²) in [6, 6.07) is 0. The monoisotopic (exact) mass is 267 g/mol. The molecule has 0 aliphatic heterocycles. The van der Waals surface area contributed by atoms with Crippen LogP contribution in [0.2, 0.25) is 0 Å². The van der Waals surface area contributed by atoms with Crippen molar-refractivity contribution < 1.29 is 60.9 Å². The molecule has 0 aliphatic rings. The third-order valence-electron chi connectivity index (χ3n) is 1.62. The molecule has 0 spiro atoms. The van der Waals surface area contributed by atoms with Gasteiger partial charge in [0.15, 0.2) is 0 Å². The predicted octanol–water partition coefficient (Wildman–Crippen LogP) is -3.43. The fourth-order valence-electron chi connectivity index (χ4n) is 0.963. The standard InChI is InChI=1S/C8H11N3O3S.K/c1-2-14-6(12)4-3-5-7(13)9-8(15)11-10-5;/h2-4H2,1H3,(H2,9,11,13,15);/q;+1/p-1. The quantitative estimate of drug-likeness (QED) is 0.347. The first kappa shape index (κ1) is 16.1. The van der Waals surface area contributed by atoms with E-state index < -0.39 is 5.56 Å². The third-order valence-corrected chi connectivity index (χ3v) is 1.80. The summed E-state index contributed by atoms with van der Waals surface area (Å²) >= 11 is 4.62. The molecule has 0 radical (unpaired) electrons. The second-order valence-corrected chi connectivity index (χ2v) is 3.10. The van der Waals surface area contributed by atoms with E-state index in [0.29, 0.717) is 6.61 Å². The molecular weight excluding hydrogens is 257 g/mol. The van der Waals surface area contributed by atoms with E-state index in [4.69, 9.17) is 4.74 Å². The Bertz CT molecular complexity index is 410. The zero-order valence-electron chi connectivity index (χ0n) is 9.15. The molecule has 6 nitrogen and oxygen atoms in total. The molecule has 0 saturated heterocycles. The maximum Gasteiger partial charge on any atom is 1.00 e. The maximum atomic E-state index is 11.2. The molecule has 0 aliphatic carbocycles. The van der Waals surface area contributed by atoms with Gasteiger partial charge in [-0.2, -0.15) is 5.10 Å². The number of aryl methyl sites for hydroxylation is 1. The van der Waals surface area contributed by atoms with Gasteiger partial charge < -0.3 is 22.3 Å². The fourth-order valence-corrected chi connectivity index (χ4v) is 1.10. The molecule has 16 heavy (non-hydrogen) atoms. The van der Waals surface area contributed by atoms with Crippen molar-refractivity contribution in [3.05, 3.63) is 16.0 Å². The molecule has 1 rings (SSSR count). The van der Waals surface area contributed by atoms with E-state index in [-0.39, 0.29) is 81.0 Å². The summed E-state index contributed by atoms with van der Waals surface area (Å²) < 4.78 is 4.71. The maximum absolute atomic E-state index is 11.2. The van der Waals surface area contributed by atoms with Crippen molar-refractivity contribution in [1.29, 1.82) is 0 Å². The summed E-state index contributed by atoms with van der Waals surface area (Å²) in [7, 11) is 0. The van der Waals surface area contributed by atoms with Gasteiger partial charge in [-0.3, -0.25) is 9.59 Å². The molecule has 1 heterocycles. The van der Waals surface area contributed by atoms with Crippen molar-refractivity contribution in [2.24, 2.45) is 0 Å². The summed E-state index contributed by atoms with van der Waals surface area (Å²) in [5, 5.41) is 7.17. The van der Waals surface area contributed by atoms with E-state index in [1.165, 1.54) is 0 Å². The molecule has 0 unspecified atom stereocenters. The van der Waals surface area contributed by atoms with Crippen molar-refractivity contribution in [1.82, 2.24) is 15.2 Å². The average Bonchev–Trinajstić information content (AvgIpc) is 2.17. The van der Waals surface area contributed by atoms with E-state index in [9.17, 15) is 9.59 Å². The van der Waals surface area contributed by atoms with Gasteiger partial charge in [0.25, 0.3) is 5.56 Å². The zero-order valence-corrected chi connectivity index (χ0v) is 13.1. The van der Waals surface area contributed by atoms with Gasteiger partial charge in [0.05, 0.1) is 13.0 Å². The van der Waals surface area contributed by atoms with E-state index in [1.807, 2.05) is 0 Å². The number of aromatic amines is 1. The summed E-state index contributed by atoms with van der Waals surface area (Å²) in [5.74, 6) is -0.360. The number of aromatic nitrogens is 3. The van der Waals surface area contributed by atoms with Crippen LogP contribution in [0.25, 0.3) is 0 Å². The third kappa shape index (κ3) is 5.46. The molecule has 0 atom stereocenters. The van der Waals surface area contributed by atoms with Crippen LogP contribution in [0.4, 0.5) is 0 Å². The number of hydrogen-bond donors (Lipinski definition) is 1. The minimum Gasteiger partial charge on any atom is -0.740 e. The van der Waals surface area contributed by atoms with Crippen molar-refractivity contribution in [3.63, 3.8) is 0 Å². The minimum atomic E-state index is -0.403. The van der Waals surface area contributed by atoms with E-state index in [1.54, 1.807) is 6.92 Å². The topological polar surface area (TPSA) is 84.9 Å². The molecule has 0 amide bonds. The molecule has 8 heteroatoms. The van der Waals surface area contributed by atoms with Gasteiger partial charge >= 0.3 is 57.4 Å². The predicted molar refractivity (Wildman–Crippen MR) is 53.2 cm³/mol. The van der Waals surface area contributed by atoms with Crippen LogP contribution < -0.4 is 56.9 Å². The number of esters is 1. The summed E-state index contributed by atoms with van der Waals surface area (Å²) in [6.07, 6.45) is 0.319. The van der Waals surface area contributed by atoms with Gasteiger partial charge in [-0.15, -0.1) is 5.10 Å². The molecular formula is C8H10KN3O3S. The average molecular weight is 267 g/mol. The molecule has 1 aromatic heterocycles. The Hall–Kier alpha value is 0.136. The number of nitrogens with one attached hydrogen (secondary N) is 1. The number of rotatable bonds is 4.